The van der Waals surface area contributed by atoms with Crippen LogP contribution in [0, 0.1) is 28.4 Å². The standard InChI is InChI=1S/C18H13N3O5/c1-11-5-6-12(8-16(11)21(25)26)7-14(10-19)17(22)20-15-4-2-3-13(9-15)18(23)24/h2-9H,1H3,(H,20,22)(H,23,24)/b14-7-. The van der Waals surface area contributed by atoms with E-state index in [1.807, 2.05) is 0 Å². The van der Waals surface area contributed by atoms with Crippen molar-refractivity contribution < 1.29 is 19.6 Å². The van der Waals surface area contributed by atoms with E-state index >= 15 is 0 Å². The number of rotatable bonds is 5. The Morgan fingerprint density at radius 2 is 2.00 bits per heavy atom. The molecule has 0 spiro atoms. The molecule has 0 aliphatic heterocycles. The minimum absolute atomic E-state index is 0.0144. The van der Waals surface area contributed by atoms with Gasteiger partial charge in [0.15, 0.2) is 0 Å². The molecule has 0 unspecified atom stereocenters. The van der Waals surface area contributed by atoms with Crippen LogP contribution in [0.1, 0.15) is 21.5 Å². The fourth-order valence-corrected chi connectivity index (χ4v) is 2.16. The van der Waals surface area contributed by atoms with E-state index in [4.69, 9.17) is 5.11 Å². The quantitative estimate of drug-likeness (QED) is 0.368. The highest BCUT2D eigenvalue weighted by atomic mass is 16.6. The third-order valence-corrected chi connectivity index (χ3v) is 3.47. The Morgan fingerprint density at radius 3 is 2.62 bits per heavy atom. The number of amides is 1. The van der Waals surface area contributed by atoms with Gasteiger partial charge in [0.25, 0.3) is 11.6 Å². The maximum atomic E-state index is 12.2. The van der Waals surface area contributed by atoms with Gasteiger partial charge in [0.05, 0.1) is 10.5 Å². The summed E-state index contributed by atoms with van der Waals surface area (Å²) in [6.45, 7) is 1.58. The van der Waals surface area contributed by atoms with Gasteiger partial charge in [-0.3, -0.25) is 14.9 Å². The molecule has 0 atom stereocenters. The average molecular weight is 351 g/mol. The van der Waals surface area contributed by atoms with E-state index in [-0.39, 0.29) is 22.5 Å². The second-order valence-corrected chi connectivity index (χ2v) is 5.31. The number of nitro groups is 1. The van der Waals surface area contributed by atoms with Crippen LogP contribution in [0.25, 0.3) is 6.08 Å². The lowest BCUT2D eigenvalue weighted by Crippen LogP contribution is -2.14. The first-order chi connectivity index (χ1) is 12.3. The maximum absolute atomic E-state index is 12.2. The summed E-state index contributed by atoms with van der Waals surface area (Å²) >= 11 is 0. The molecule has 0 radical (unpaired) electrons. The van der Waals surface area contributed by atoms with Crippen molar-refractivity contribution in [1.82, 2.24) is 0 Å². The Morgan fingerprint density at radius 1 is 1.27 bits per heavy atom. The predicted molar refractivity (Wildman–Crippen MR) is 93.5 cm³/mol. The first-order valence-corrected chi connectivity index (χ1v) is 7.33. The Bertz CT molecular complexity index is 973. The summed E-state index contributed by atoms with van der Waals surface area (Å²) in [6, 6.07) is 11.6. The highest BCUT2D eigenvalue weighted by Gasteiger charge is 2.14. The summed E-state index contributed by atoms with van der Waals surface area (Å²) < 4.78 is 0. The Hall–Kier alpha value is -3.99. The fourth-order valence-electron chi connectivity index (χ4n) is 2.16. The van der Waals surface area contributed by atoms with E-state index in [2.05, 4.69) is 5.32 Å². The first-order valence-electron chi connectivity index (χ1n) is 7.33. The number of carboxylic acids is 1. The van der Waals surface area contributed by atoms with Crippen LogP contribution in [-0.4, -0.2) is 21.9 Å². The number of nitrogens with zero attached hydrogens (tertiary/aromatic N) is 2. The van der Waals surface area contributed by atoms with E-state index in [1.165, 1.54) is 42.5 Å². The molecule has 0 saturated heterocycles. The van der Waals surface area contributed by atoms with Gasteiger partial charge >= 0.3 is 5.97 Å². The van der Waals surface area contributed by atoms with Crippen molar-refractivity contribution in [2.24, 2.45) is 0 Å². The van der Waals surface area contributed by atoms with Crippen LogP contribution in [0.5, 0.6) is 0 Å². The lowest BCUT2D eigenvalue weighted by atomic mass is 10.1. The average Bonchev–Trinajstić information content (AvgIpc) is 2.60. The Balaban J connectivity index is 2.29. The van der Waals surface area contributed by atoms with E-state index < -0.39 is 16.8 Å². The van der Waals surface area contributed by atoms with Gasteiger partial charge in [-0.1, -0.05) is 18.2 Å². The monoisotopic (exact) mass is 351 g/mol. The van der Waals surface area contributed by atoms with E-state index in [1.54, 1.807) is 19.1 Å². The van der Waals surface area contributed by atoms with Crippen molar-refractivity contribution in [1.29, 1.82) is 5.26 Å². The van der Waals surface area contributed by atoms with Crippen molar-refractivity contribution in [3.8, 4) is 6.07 Å². The number of nitro benzene ring substituents is 1. The van der Waals surface area contributed by atoms with Gasteiger partial charge in [-0.25, -0.2) is 4.79 Å². The van der Waals surface area contributed by atoms with Crippen molar-refractivity contribution in [3.63, 3.8) is 0 Å². The number of carbonyl (C=O) groups is 2. The summed E-state index contributed by atoms with van der Waals surface area (Å²) in [5.41, 5.74) is 0.591. The number of benzene rings is 2. The number of hydrogen-bond donors (Lipinski definition) is 2. The second kappa shape index (κ2) is 7.72. The van der Waals surface area contributed by atoms with Gasteiger partial charge in [-0.15, -0.1) is 0 Å². The van der Waals surface area contributed by atoms with Gasteiger partial charge in [0.2, 0.25) is 0 Å². The van der Waals surface area contributed by atoms with Gasteiger partial charge in [0.1, 0.15) is 11.6 Å². The number of carboxylic acid groups (broad SMARTS) is 1. The highest BCUT2D eigenvalue weighted by Crippen LogP contribution is 2.21. The molecule has 2 rings (SSSR count). The lowest BCUT2D eigenvalue weighted by molar-refractivity contribution is -0.385. The molecule has 8 nitrogen and oxygen atoms in total. The summed E-state index contributed by atoms with van der Waals surface area (Å²) in [7, 11) is 0. The molecule has 0 fully saturated rings. The largest absolute Gasteiger partial charge is 0.478 e. The van der Waals surface area contributed by atoms with Gasteiger partial charge in [-0.2, -0.15) is 5.26 Å². The molecule has 2 aromatic rings. The van der Waals surface area contributed by atoms with Crippen LogP contribution >= 0.6 is 0 Å². The van der Waals surface area contributed by atoms with Crippen LogP contribution in [0.2, 0.25) is 0 Å². The molecular weight excluding hydrogens is 338 g/mol. The summed E-state index contributed by atoms with van der Waals surface area (Å²) in [5.74, 6) is -1.90. The van der Waals surface area contributed by atoms with Gasteiger partial charge < -0.3 is 10.4 Å². The molecule has 0 heterocycles. The molecule has 0 bridgehead atoms. The zero-order chi connectivity index (χ0) is 19.3. The Labute approximate surface area is 148 Å². The number of nitrogens with one attached hydrogen (secondary N) is 1. The second-order valence-electron chi connectivity index (χ2n) is 5.31. The SMILES string of the molecule is Cc1ccc(/C=C(/C#N)C(=O)Nc2cccc(C(=O)O)c2)cc1[N+](=O)[O-]. The number of hydrogen-bond acceptors (Lipinski definition) is 5. The van der Waals surface area contributed by atoms with Crippen LogP contribution in [0.3, 0.4) is 0 Å². The first kappa shape index (κ1) is 18.4. The molecule has 0 aliphatic rings. The third kappa shape index (κ3) is 4.30. The smallest absolute Gasteiger partial charge is 0.335 e. The van der Waals surface area contributed by atoms with E-state index in [0.29, 0.717) is 11.1 Å². The van der Waals surface area contributed by atoms with Gasteiger partial charge in [0, 0.05) is 17.3 Å². The van der Waals surface area contributed by atoms with Gasteiger partial charge in [-0.05, 0) is 36.8 Å². The molecule has 0 saturated carbocycles. The molecule has 8 heteroatoms. The van der Waals surface area contributed by atoms with E-state index in [9.17, 15) is 25.0 Å². The van der Waals surface area contributed by atoms with Crippen molar-refractivity contribution in [3.05, 3.63) is 74.8 Å². The summed E-state index contributed by atoms with van der Waals surface area (Å²) in [4.78, 5) is 33.6. The summed E-state index contributed by atoms with van der Waals surface area (Å²) in [5, 5.41) is 31.6. The lowest BCUT2D eigenvalue weighted by Gasteiger charge is -2.05. The molecular formula is C18H13N3O5. The zero-order valence-corrected chi connectivity index (χ0v) is 13.6. The molecule has 0 aromatic heterocycles. The summed E-state index contributed by atoms with van der Waals surface area (Å²) in [6.07, 6.45) is 1.23. The molecule has 26 heavy (non-hydrogen) atoms. The van der Waals surface area contributed by atoms with Crippen LogP contribution in [-0.2, 0) is 4.79 Å². The molecule has 130 valence electrons. The molecule has 2 N–H and O–H groups in total. The minimum Gasteiger partial charge on any atom is -0.478 e. The normalized spacial score (nSPS) is 10.7. The number of carbonyl (C=O) groups excluding carboxylic acids is 1. The number of anilines is 1. The number of aryl methyl sites for hydroxylation is 1. The molecule has 0 aliphatic carbocycles. The van der Waals surface area contributed by atoms with E-state index in [0.717, 1.165) is 0 Å². The maximum Gasteiger partial charge on any atom is 0.335 e. The van der Waals surface area contributed by atoms with Crippen LogP contribution in [0.4, 0.5) is 11.4 Å². The third-order valence-electron chi connectivity index (χ3n) is 3.47. The number of aromatic carboxylic acids is 1. The zero-order valence-electron chi connectivity index (χ0n) is 13.6. The van der Waals surface area contributed by atoms with Crippen molar-refractivity contribution >= 4 is 29.3 Å². The highest BCUT2D eigenvalue weighted by molar-refractivity contribution is 6.10. The fraction of sp³-hybridized carbons (Fsp3) is 0.0556. The molecule has 2 aromatic carbocycles. The Kier molecular flexibility index (Phi) is 5.45. The topological polar surface area (TPSA) is 133 Å². The van der Waals surface area contributed by atoms with Crippen molar-refractivity contribution in [2.75, 3.05) is 5.32 Å². The van der Waals surface area contributed by atoms with Crippen LogP contribution < -0.4 is 5.32 Å². The van der Waals surface area contributed by atoms with Crippen molar-refractivity contribution in [2.45, 2.75) is 6.92 Å². The predicted octanol–water partition coefficient (Wildman–Crippen LogP) is 3.15. The number of nitriles is 1. The van der Waals surface area contributed by atoms with Crippen LogP contribution in [0.15, 0.2) is 48.0 Å². The molecule has 1 amide bonds. The minimum atomic E-state index is -1.15.